The van der Waals surface area contributed by atoms with E-state index in [1.54, 1.807) is 0 Å². The summed E-state index contributed by atoms with van der Waals surface area (Å²) in [6.45, 7) is 5.48. The minimum Gasteiger partial charge on any atom is -0.469 e. The third-order valence-electron chi connectivity index (χ3n) is 5.53. The Morgan fingerprint density at radius 2 is 2.16 bits per heavy atom. The molecule has 4 heterocycles. The fraction of sp³-hybridized carbons (Fsp3) is 0.381. The number of rotatable bonds is 2. The van der Waals surface area contributed by atoms with Gasteiger partial charge in [0.05, 0.1) is 0 Å². The van der Waals surface area contributed by atoms with E-state index in [-0.39, 0.29) is 5.60 Å². The van der Waals surface area contributed by atoms with E-state index in [0.29, 0.717) is 0 Å². The van der Waals surface area contributed by atoms with E-state index >= 15 is 0 Å². The summed E-state index contributed by atoms with van der Waals surface area (Å²) < 4.78 is 12.3. The van der Waals surface area contributed by atoms with Crippen LogP contribution in [0.4, 0.5) is 0 Å². The van der Waals surface area contributed by atoms with Gasteiger partial charge in [0, 0.05) is 35.7 Å². The van der Waals surface area contributed by atoms with E-state index in [4.69, 9.17) is 9.15 Å². The molecule has 0 saturated carbocycles. The smallest absolute Gasteiger partial charge is 0.217 e. The van der Waals surface area contributed by atoms with Gasteiger partial charge in [-0.3, -0.25) is 4.90 Å². The second kappa shape index (κ2) is 5.60. The van der Waals surface area contributed by atoms with Crippen LogP contribution in [0.2, 0.25) is 0 Å². The van der Waals surface area contributed by atoms with Crippen molar-refractivity contribution < 1.29 is 9.15 Å². The second-order valence-corrected chi connectivity index (χ2v) is 7.27. The van der Waals surface area contributed by atoms with Crippen molar-refractivity contribution in [3.8, 4) is 17.2 Å². The molecule has 0 amide bonds. The predicted octanol–water partition coefficient (Wildman–Crippen LogP) is 4.28. The van der Waals surface area contributed by atoms with Gasteiger partial charge in [0.15, 0.2) is 0 Å². The standard InChI is InChI=1S/C21H22N2O2/c1-2-23-9-5-8-21(14-23)12-16-10-17(13-22-20(16)25-21)19-11-15-6-3-4-7-18(15)24-19/h3-4,6-7,10-11,13H,2,5,8-9,12,14H2,1H3/t21-/m0/s1. The fourth-order valence-corrected chi connectivity index (χ4v) is 4.25. The summed E-state index contributed by atoms with van der Waals surface area (Å²) >= 11 is 0. The molecule has 1 spiro atoms. The summed E-state index contributed by atoms with van der Waals surface area (Å²) in [5.41, 5.74) is 3.06. The minimum atomic E-state index is -0.0872. The number of piperidine rings is 1. The quantitative estimate of drug-likeness (QED) is 0.701. The van der Waals surface area contributed by atoms with Gasteiger partial charge in [0.1, 0.15) is 16.9 Å². The Morgan fingerprint density at radius 1 is 1.24 bits per heavy atom. The molecule has 3 aromatic rings. The molecule has 1 atom stereocenters. The molecule has 2 aromatic heterocycles. The number of nitrogens with zero attached hydrogens (tertiary/aromatic N) is 2. The summed E-state index contributed by atoms with van der Waals surface area (Å²) in [6.07, 6.45) is 5.12. The van der Waals surface area contributed by atoms with Crippen LogP contribution in [0, 0.1) is 0 Å². The number of aromatic nitrogens is 1. The number of fused-ring (bicyclic) bond motifs is 2. The molecule has 1 saturated heterocycles. The molecule has 0 N–H and O–H groups in total. The zero-order valence-corrected chi connectivity index (χ0v) is 14.5. The Balaban J connectivity index is 1.47. The molecule has 0 bridgehead atoms. The number of likely N-dealkylation sites (tertiary alicyclic amines) is 1. The predicted molar refractivity (Wildman–Crippen MR) is 97.9 cm³/mol. The van der Waals surface area contributed by atoms with Gasteiger partial charge in [0.25, 0.3) is 0 Å². The minimum absolute atomic E-state index is 0.0872. The average Bonchev–Trinajstić information content (AvgIpc) is 3.21. The number of benzene rings is 1. The number of ether oxygens (including phenoxy) is 1. The maximum absolute atomic E-state index is 6.33. The fourth-order valence-electron chi connectivity index (χ4n) is 4.25. The van der Waals surface area contributed by atoms with Gasteiger partial charge in [0.2, 0.25) is 5.88 Å². The molecule has 0 radical (unpaired) electrons. The normalized spacial score (nSPS) is 23.1. The Labute approximate surface area is 147 Å². The summed E-state index contributed by atoms with van der Waals surface area (Å²) in [4.78, 5) is 7.09. The lowest BCUT2D eigenvalue weighted by molar-refractivity contribution is 0.00781. The summed E-state index contributed by atoms with van der Waals surface area (Å²) in [6, 6.07) is 12.4. The molecular formula is C21H22N2O2. The van der Waals surface area contributed by atoms with Crippen LogP contribution < -0.4 is 4.74 Å². The van der Waals surface area contributed by atoms with Crippen molar-refractivity contribution >= 4 is 11.0 Å². The molecule has 1 aromatic carbocycles. The third kappa shape index (κ3) is 2.52. The Bertz CT molecular complexity index is 900. The first-order valence-electron chi connectivity index (χ1n) is 9.14. The SMILES string of the molecule is CCN1CCC[C@]2(Cc3cc(-c4cc5ccccc5o4)cnc3O2)C1. The monoisotopic (exact) mass is 334 g/mol. The summed E-state index contributed by atoms with van der Waals surface area (Å²) in [5, 5.41) is 1.12. The van der Waals surface area contributed by atoms with Crippen LogP contribution in [0.15, 0.2) is 47.0 Å². The van der Waals surface area contributed by atoms with E-state index in [2.05, 4.69) is 35.0 Å². The number of hydrogen-bond donors (Lipinski definition) is 0. The molecule has 1 fully saturated rings. The lowest BCUT2D eigenvalue weighted by Crippen LogP contribution is -2.51. The number of hydrogen-bond acceptors (Lipinski definition) is 4. The van der Waals surface area contributed by atoms with Crippen LogP contribution in [0.1, 0.15) is 25.3 Å². The maximum Gasteiger partial charge on any atom is 0.217 e. The van der Waals surface area contributed by atoms with Gasteiger partial charge in [-0.15, -0.1) is 0 Å². The number of pyridine rings is 1. The first-order valence-corrected chi connectivity index (χ1v) is 9.14. The highest BCUT2D eigenvalue weighted by Crippen LogP contribution is 2.40. The first-order chi connectivity index (χ1) is 12.2. The van der Waals surface area contributed by atoms with Crippen molar-refractivity contribution in [3.05, 3.63) is 48.2 Å². The van der Waals surface area contributed by atoms with Crippen LogP contribution in [0.5, 0.6) is 5.88 Å². The van der Waals surface area contributed by atoms with Gasteiger partial charge in [-0.2, -0.15) is 0 Å². The largest absolute Gasteiger partial charge is 0.469 e. The van der Waals surface area contributed by atoms with Crippen molar-refractivity contribution in [1.29, 1.82) is 0 Å². The molecule has 0 aliphatic carbocycles. The molecule has 5 rings (SSSR count). The van der Waals surface area contributed by atoms with Crippen molar-refractivity contribution in [1.82, 2.24) is 9.88 Å². The van der Waals surface area contributed by atoms with Crippen LogP contribution >= 0.6 is 0 Å². The number of para-hydroxylation sites is 1. The molecule has 4 nitrogen and oxygen atoms in total. The van der Waals surface area contributed by atoms with Crippen molar-refractivity contribution in [2.75, 3.05) is 19.6 Å². The van der Waals surface area contributed by atoms with Crippen molar-refractivity contribution in [2.45, 2.75) is 31.8 Å². The van der Waals surface area contributed by atoms with E-state index in [1.807, 2.05) is 24.4 Å². The van der Waals surface area contributed by atoms with E-state index in [0.717, 1.165) is 54.1 Å². The Morgan fingerprint density at radius 3 is 3.04 bits per heavy atom. The zero-order chi connectivity index (χ0) is 16.9. The van der Waals surface area contributed by atoms with Crippen molar-refractivity contribution in [3.63, 3.8) is 0 Å². The van der Waals surface area contributed by atoms with Gasteiger partial charge in [-0.1, -0.05) is 25.1 Å². The first kappa shape index (κ1) is 15.0. The lowest BCUT2D eigenvalue weighted by Gasteiger charge is -2.38. The zero-order valence-electron chi connectivity index (χ0n) is 14.5. The highest BCUT2D eigenvalue weighted by Gasteiger charge is 2.43. The van der Waals surface area contributed by atoms with Crippen LogP contribution in [0.25, 0.3) is 22.3 Å². The second-order valence-electron chi connectivity index (χ2n) is 7.27. The van der Waals surface area contributed by atoms with Gasteiger partial charge in [-0.25, -0.2) is 4.98 Å². The number of likely N-dealkylation sites (N-methyl/N-ethyl adjacent to an activating group) is 1. The summed E-state index contributed by atoms with van der Waals surface area (Å²) in [7, 11) is 0. The highest BCUT2D eigenvalue weighted by molar-refractivity contribution is 5.82. The van der Waals surface area contributed by atoms with E-state index in [1.165, 1.54) is 18.5 Å². The van der Waals surface area contributed by atoms with Crippen LogP contribution in [-0.2, 0) is 6.42 Å². The Kier molecular flexibility index (Phi) is 3.35. The topological polar surface area (TPSA) is 38.5 Å². The van der Waals surface area contributed by atoms with E-state index in [9.17, 15) is 0 Å². The molecule has 2 aliphatic heterocycles. The van der Waals surface area contributed by atoms with Crippen molar-refractivity contribution in [2.24, 2.45) is 0 Å². The molecule has 4 heteroatoms. The van der Waals surface area contributed by atoms with Gasteiger partial charge in [-0.05, 0) is 44.1 Å². The molecule has 128 valence electrons. The van der Waals surface area contributed by atoms with Crippen LogP contribution in [-0.4, -0.2) is 35.1 Å². The lowest BCUT2D eigenvalue weighted by atomic mass is 9.88. The highest BCUT2D eigenvalue weighted by atomic mass is 16.5. The molecule has 2 aliphatic rings. The Hall–Kier alpha value is -2.33. The average molecular weight is 334 g/mol. The van der Waals surface area contributed by atoms with E-state index < -0.39 is 0 Å². The van der Waals surface area contributed by atoms with Gasteiger partial charge >= 0.3 is 0 Å². The van der Waals surface area contributed by atoms with Crippen LogP contribution in [0.3, 0.4) is 0 Å². The molecular weight excluding hydrogens is 312 g/mol. The van der Waals surface area contributed by atoms with Gasteiger partial charge < -0.3 is 9.15 Å². The number of furan rings is 1. The molecule has 0 unspecified atom stereocenters. The summed E-state index contributed by atoms with van der Waals surface area (Å²) in [5.74, 6) is 1.68. The molecule has 25 heavy (non-hydrogen) atoms. The maximum atomic E-state index is 6.33. The third-order valence-corrected chi connectivity index (χ3v) is 5.53.